The first-order chi connectivity index (χ1) is 17.0. The molecular formula is C26H28F4N4S2. The lowest BCUT2D eigenvalue weighted by Crippen LogP contribution is -2.30. The fraction of sp³-hybridized carbons (Fsp3) is 0.346. The second-order valence-corrected chi connectivity index (χ2v) is 11.0. The van der Waals surface area contributed by atoms with Crippen LogP contribution in [0.25, 0.3) is 11.1 Å². The molecule has 2 N–H and O–H groups in total. The topological polar surface area (TPSA) is 42.4 Å². The molecule has 2 heterocycles. The van der Waals surface area contributed by atoms with Gasteiger partial charge in [0.2, 0.25) is 0 Å². The van der Waals surface area contributed by atoms with Gasteiger partial charge in [-0.1, -0.05) is 12.1 Å². The molecule has 0 radical (unpaired) electrons. The highest BCUT2D eigenvalue weighted by molar-refractivity contribution is 8.03. The van der Waals surface area contributed by atoms with E-state index in [9.17, 15) is 17.6 Å². The number of amidine groups is 1. The first-order valence-electron chi connectivity index (χ1n) is 11.4. The second-order valence-electron chi connectivity index (χ2n) is 8.80. The van der Waals surface area contributed by atoms with E-state index in [1.807, 2.05) is 32.1 Å². The molecule has 0 fully saturated rings. The summed E-state index contributed by atoms with van der Waals surface area (Å²) in [4.78, 5) is 3.95. The third-order valence-corrected chi connectivity index (χ3v) is 9.00. The minimum Gasteiger partial charge on any atom is -0.383 e. The van der Waals surface area contributed by atoms with Gasteiger partial charge in [-0.05, 0) is 50.3 Å². The number of halogens is 4. The SMILES string of the molecule is CSC1CCNc2c(C(=N)N3C=C(C)N(C)C(C)=C3)cc(C(F)(F)F)c(-c3ccc(F)cc3)c2SC1. The van der Waals surface area contributed by atoms with E-state index in [-0.39, 0.29) is 22.2 Å². The molecule has 192 valence electrons. The number of rotatable bonds is 3. The minimum atomic E-state index is -4.67. The Kier molecular flexibility index (Phi) is 7.66. The first-order valence-corrected chi connectivity index (χ1v) is 13.7. The molecule has 1 atom stereocenters. The van der Waals surface area contributed by atoms with Crippen molar-refractivity contribution in [2.45, 2.75) is 36.6 Å². The van der Waals surface area contributed by atoms with Crippen LogP contribution in [-0.4, -0.2) is 46.5 Å². The summed E-state index contributed by atoms with van der Waals surface area (Å²) in [5, 5.41) is 12.6. The Bertz CT molecular complexity index is 1200. The number of nitrogens with zero attached hydrogens (tertiary/aromatic N) is 2. The summed E-state index contributed by atoms with van der Waals surface area (Å²) in [6, 6.07) is 6.18. The van der Waals surface area contributed by atoms with Crippen LogP contribution >= 0.6 is 23.5 Å². The molecule has 36 heavy (non-hydrogen) atoms. The fourth-order valence-electron chi connectivity index (χ4n) is 4.25. The largest absolute Gasteiger partial charge is 0.417 e. The average molecular weight is 537 g/mol. The Balaban J connectivity index is 1.97. The number of fused-ring (bicyclic) bond motifs is 1. The van der Waals surface area contributed by atoms with Crippen LogP contribution in [0.3, 0.4) is 0 Å². The molecule has 10 heteroatoms. The van der Waals surface area contributed by atoms with Gasteiger partial charge in [0.25, 0.3) is 0 Å². The lowest BCUT2D eigenvalue weighted by molar-refractivity contribution is -0.137. The van der Waals surface area contributed by atoms with Crippen LogP contribution in [-0.2, 0) is 6.18 Å². The Morgan fingerprint density at radius 2 is 1.78 bits per heavy atom. The van der Waals surface area contributed by atoms with Gasteiger partial charge in [-0.15, -0.1) is 11.8 Å². The maximum atomic E-state index is 14.5. The van der Waals surface area contributed by atoms with E-state index < -0.39 is 17.6 Å². The van der Waals surface area contributed by atoms with Gasteiger partial charge in [-0.3, -0.25) is 5.41 Å². The predicted molar refractivity (Wildman–Crippen MR) is 142 cm³/mol. The molecule has 2 aliphatic heterocycles. The van der Waals surface area contributed by atoms with Crippen molar-refractivity contribution < 1.29 is 17.6 Å². The zero-order chi connectivity index (χ0) is 26.2. The van der Waals surface area contributed by atoms with Crippen LogP contribution in [0.5, 0.6) is 0 Å². The zero-order valence-corrected chi connectivity index (χ0v) is 22.1. The Morgan fingerprint density at radius 3 is 2.36 bits per heavy atom. The standard InChI is InChI=1S/C26H28F4N4S2/c1-15-12-34(13-16(2)33(15)3)25(31)20-11-21(26(28,29)30)22(17-5-7-18(27)8-6-17)24-23(20)32-10-9-19(35-4)14-36-24/h5-8,11-13,19,31-32H,9-10,14H2,1-4H3. The van der Waals surface area contributed by atoms with Gasteiger partial charge in [0.15, 0.2) is 0 Å². The summed E-state index contributed by atoms with van der Waals surface area (Å²) < 4.78 is 57.3. The minimum absolute atomic E-state index is 0.0186. The van der Waals surface area contributed by atoms with E-state index in [1.165, 1.54) is 36.0 Å². The van der Waals surface area contributed by atoms with Gasteiger partial charge >= 0.3 is 6.18 Å². The zero-order valence-electron chi connectivity index (χ0n) is 20.5. The predicted octanol–water partition coefficient (Wildman–Crippen LogP) is 7.45. The number of nitrogens with one attached hydrogen (secondary N) is 2. The van der Waals surface area contributed by atoms with Gasteiger partial charge in [0, 0.05) is 64.4 Å². The third-order valence-electron chi connectivity index (χ3n) is 6.46. The molecule has 0 bridgehead atoms. The van der Waals surface area contributed by atoms with E-state index in [0.29, 0.717) is 28.4 Å². The molecule has 1 unspecified atom stereocenters. The molecule has 0 saturated heterocycles. The highest BCUT2D eigenvalue weighted by atomic mass is 32.2. The number of benzene rings is 2. The second kappa shape index (κ2) is 10.4. The summed E-state index contributed by atoms with van der Waals surface area (Å²) in [6.07, 6.45) is 1.65. The van der Waals surface area contributed by atoms with Crippen molar-refractivity contribution in [1.29, 1.82) is 5.41 Å². The average Bonchev–Trinajstić information content (AvgIpc) is 2.81. The van der Waals surface area contributed by atoms with Crippen molar-refractivity contribution >= 4 is 35.0 Å². The van der Waals surface area contributed by atoms with Gasteiger partial charge in [0.05, 0.1) is 11.3 Å². The van der Waals surface area contributed by atoms with Crippen LogP contribution < -0.4 is 5.32 Å². The Hall–Kier alpha value is -2.59. The normalized spacial score (nSPS) is 18.5. The molecule has 2 aliphatic rings. The van der Waals surface area contributed by atoms with Crippen LogP contribution in [0.2, 0.25) is 0 Å². The molecule has 0 aromatic heterocycles. The van der Waals surface area contributed by atoms with Crippen LogP contribution in [0, 0.1) is 11.2 Å². The number of hydrogen-bond donors (Lipinski definition) is 2. The number of anilines is 1. The molecule has 0 spiro atoms. The molecule has 0 aliphatic carbocycles. The van der Waals surface area contributed by atoms with E-state index in [2.05, 4.69) is 5.32 Å². The van der Waals surface area contributed by atoms with Crippen molar-refractivity contribution in [1.82, 2.24) is 9.80 Å². The molecule has 0 amide bonds. The monoisotopic (exact) mass is 536 g/mol. The summed E-state index contributed by atoms with van der Waals surface area (Å²) in [7, 11) is 1.90. The van der Waals surface area contributed by atoms with Crippen LogP contribution in [0.1, 0.15) is 31.4 Å². The van der Waals surface area contributed by atoms with Crippen molar-refractivity contribution in [2.24, 2.45) is 0 Å². The summed E-state index contributed by atoms with van der Waals surface area (Å²) in [6.45, 7) is 4.34. The van der Waals surface area contributed by atoms with Crippen LogP contribution in [0.15, 0.2) is 59.0 Å². The smallest absolute Gasteiger partial charge is 0.383 e. The van der Waals surface area contributed by atoms with Gasteiger partial charge < -0.3 is 15.1 Å². The number of alkyl halides is 3. The first kappa shape index (κ1) is 26.5. The quantitative estimate of drug-likeness (QED) is 0.242. The molecule has 4 rings (SSSR count). The van der Waals surface area contributed by atoms with Crippen molar-refractivity contribution in [3.63, 3.8) is 0 Å². The number of hydrogen-bond acceptors (Lipinski definition) is 5. The lowest BCUT2D eigenvalue weighted by atomic mass is 9.94. The van der Waals surface area contributed by atoms with Crippen molar-refractivity contribution in [2.75, 3.05) is 30.9 Å². The van der Waals surface area contributed by atoms with E-state index in [1.54, 1.807) is 29.1 Å². The summed E-state index contributed by atoms with van der Waals surface area (Å²) in [5.41, 5.74) is 1.89. The summed E-state index contributed by atoms with van der Waals surface area (Å²) in [5.74, 6) is 0.0653. The van der Waals surface area contributed by atoms with Crippen LogP contribution in [0.4, 0.5) is 23.2 Å². The van der Waals surface area contributed by atoms with Gasteiger partial charge in [0.1, 0.15) is 11.7 Å². The van der Waals surface area contributed by atoms with E-state index in [4.69, 9.17) is 5.41 Å². The maximum Gasteiger partial charge on any atom is 0.417 e. The maximum absolute atomic E-state index is 14.5. The van der Waals surface area contributed by atoms with E-state index in [0.717, 1.165) is 23.9 Å². The Morgan fingerprint density at radius 1 is 1.14 bits per heavy atom. The van der Waals surface area contributed by atoms with Crippen molar-refractivity contribution in [3.8, 4) is 11.1 Å². The number of thioether (sulfide) groups is 2. The lowest BCUT2D eigenvalue weighted by Gasteiger charge is -2.32. The van der Waals surface area contributed by atoms with Gasteiger partial charge in [-0.2, -0.15) is 24.9 Å². The summed E-state index contributed by atoms with van der Waals surface area (Å²) >= 11 is 3.05. The molecule has 2 aromatic carbocycles. The fourth-order valence-corrected chi connectivity index (χ4v) is 6.57. The van der Waals surface area contributed by atoms with E-state index >= 15 is 0 Å². The Labute approximate surface area is 217 Å². The molecule has 4 nitrogen and oxygen atoms in total. The molecular weight excluding hydrogens is 508 g/mol. The number of allylic oxidation sites excluding steroid dienone is 2. The van der Waals surface area contributed by atoms with Gasteiger partial charge in [-0.25, -0.2) is 4.39 Å². The molecule has 0 saturated carbocycles. The third kappa shape index (κ3) is 5.25. The highest BCUT2D eigenvalue weighted by Gasteiger charge is 2.38. The molecule has 2 aromatic rings. The van der Waals surface area contributed by atoms with Crippen molar-refractivity contribution in [3.05, 3.63) is 71.1 Å². The highest BCUT2D eigenvalue weighted by Crippen LogP contribution is 2.49.